The van der Waals surface area contributed by atoms with Gasteiger partial charge in [-0.1, -0.05) is 84.9 Å². The van der Waals surface area contributed by atoms with E-state index in [1.54, 1.807) is 0 Å². The topological polar surface area (TPSA) is 15.6 Å². The molecule has 0 saturated heterocycles. The number of amidine groups is 1. The molecule has 0 saturated carbocycles. The highest BCUT2D eigenvalue weighted by Crippen LogP contribution is 2.31. The van der Waals surface area contributed by atoms with Gasteiger partial charge in [0, 0.05) is 20.0 Å². The molecule has 0 aliphatic carbocycles. The SMILES string of the molecule is CN1CCc2ccccc2C(c2ccccc2)/N=C\1CCc1ccccc1. The van der Waals surface area contributed by atoms with Crippen molar-refractivity contribution in [1.82, 2.24) is 4.90 Å². The van der Waals surface area contributed by atoms with E-state index in [1.165, 1.54) is 28.1 Å². The van der Waals surface area contributed by atoms with Gasteiger partial charge in [-0.15, -0.1) is 0 Å². The summed E-state index contributed by atoms with van der Waals surface area (Å²) in [6, 6.07) is 30.2. The van der Waals surface area contributed by atoms with Crippen LogP contribution in [0.25, 0.3) is 0 Å². The zero-order valence-electron chi connectivity index (χ0n) is 15.9. The van der Waals surface area contributed by atoms with Crippen LogP contribution < -0.4 is 0 Å². The minimum Gasteiger partial charge on any atom is -0.363 e. The van der Waals surface area contributed by atoms with Crippen LogP contribution in [0.5, 0.6) is 0 Å². The molecule has 0 amide bonds. The molecule has 3 aromatic rings. The van der Waals surface area contributed by atoms with E-state index < -0.39 is 0 Å². The van der Waals surface area contributed by atoms with E-state index in [2.05, 4.69) is 96.9 Å². The first kappa shape index (κ1) is 17.5. The third kappa shape index (κ3) is 4.11. The molecule has 2 nitrogen and oxygen atoms in total. The number of aryl methyl sites for hydroxylation is 1. The number of nitrogens with zero attached hydrogens (tertiary/aromatic N) is 2. The molecule has 1 unspecified atom stereocenters. The smallest absolute Gasteiger partial charge is 0.102 e. The van der Waals surface area contributed by atoms with Crippen molar-refractivity contribution in [3.8, 4) is 0 Å². The zero-order valence-corrected chi connectivity index (χ0v) is 15.9. The van der Waals surface area contributed by atoms with E-state index in [0.717, 1.165) is 25.8 Å². The number of hydrogen-bond donors (Lipinski definition) is 0. The minimum absolute atomic E-state index is 0.0657. The quantitative estimate of drug-likeness (QED) is 0.621. The molecule has 0 spiro atoms. The fourth-order valence-corrected chi connectivity index (χ4v) is 3.81. The van der Waals surface area contributed by atoms with E-state index in [0.29, 0.717) is 0 Å². The van der Waals surface area contributed by atoms with Crippen molar-refractivity contribution < 1.29 is 0 Å². The summed E-state index contributed by atoms with van der Waals surface area (Å²) >= 11 is 0. The lowest BCUT2D eigenvalue weighted by Crippen LogP contribution is -2.32. The highest BCUT2D eigenvalue weighted by Gasteiger charge is 2.21. The Kier molecular flexibility index (Phi) is 5.34. The first-order chi connectivity index (χ1) is 13.3. The Hall–Kier alpha value is -2.87. The van der Waals surface area contributed by atoms with Crippen molar-refractivity contribution in [1.29, 1.82) is 0 Å². The Morgan fingerprint density at radius 3 is 2.26 bits per heavy atom. The van der Waals surface area contributed by atoms with Gasteiger partial charge in [-0.2, -0.15) is 0 Å². The fraction of sp³-hybridized carbons (Fsp3) is 0.240. The molecule has 1 aliphatic rings. The van der Waals surface area contributed by atoms with E-state index in [1.807, 2.05) is 0 Å². The summed E-state index contributed by atoms with van der Waals surface area (Å²) in [6.45, 7) is 1.01. The van der Waals surface area contributed by atoms with Crippen molar-refractivity contribution in [3.63, 3.8) is 0 Å². The zero-order chi connectivity index (χ0) is 18.5. The molecule has 1 atom stereocenters. The van der Waals surface area contributed by atoms with Gasteiger partial charge in [-0.25, -0.2) is 0 Å². The molecular weight excluding hydrogens is 328 g/mol. The van der Waals surface area contributed by atoms with E-state index in [4.69, 9.17) is 4.99 Å². The summed E-state index contributed by atoms with van der Waals surface area (Å²) in [5.41, 5.74) is 5.38. The van der Waals surface area contributed by atoms with Crippen molar-refractivity contribution in [2.45, 2.75) is 25.3 Å². The number of fused-ring (bicyclic) bond motifs is 1. The first-order valence-electron chi connectivity index (χ1n) is 9.76. The number of aliphatic imine (C=N–C) groups is 1. The molecule has 0 bridgehead atoms. The summed E-state index contributed by atoms with van der Waals surface area (Å²) in [4.78, 5) is 7.63. The fourth-order valence-electron chi connectivity index (χ4n) is 3.81. The lowest BCUT2D eigenvalue weighted by Gasteiger charge is -2.28. The molecule has 1 heterocycles. The van der Waals surface area contributed by atoms with Crippen molar-refractivity contribution in [3.05, 3.63) is 107 Å². The lowest BCUT2D eigenvalue weighted by molar-refractivity contribution is 0.483. The predicted molar refractivity (Wildman–Crippen MR) is 113 cm³/mol. The number of benzene rings is 3. The van der Waals surface area contributed by atoms with Gasteiger partial charge in [-0.05, 0) is 35.1 Å². The van der Waals surface area contributed by atoms with E-state index in [9.17, 15) is 0 Å². The average Bonchev–Trinajstić information content (AvgIpc) is 2.73. The van der Waals surface area contributed by atoms with Crippen LogP contribution in [-0.4, -0.2) is 24.3 Å². The summed E-state index contributed by atoms with van der Waals surface area (Å²) in [5.74, 6) is 1.20. The van der Waals surface area contributed by atoms with Gasteiger partial charge in [0.15, 0.2) is 0 Å². The molecule has 1 aliphatic heterocycles. The van der Waals surface area contributed by atoms with Crippen LogP contribution in [0.1, 0.15) is 34.7 Å². The van der Waals surface area contributed by atoms with Crippen molar-refractivity contribution >= 4 is 5.84 Å². The molecule has 3 aromatic carbocycles. The van der Waals surface area contributed by atoms with Crippen LogP contribution in [0.15, 0.2) is 89.9 Å². The van der Waals surface area contributed by atoms with Gasteiger partial charge in [0.2, 0.25) is 0 Å². The molecule has 2 heteroatoms. The first-order valence-corrected chi connectivity index (χ1v) is 9.76. The largest absolute Gasteiger partial charge is 0.363 e. The second kappa shape index (κ2) is 8.22. The maximum Gasteiger partial charge on any atom is 0.102 e. The standard InChI is InChI=1S/C25H26N2/c1-27-19-18-21-12-8-9-15-23(21)25(22-13-6-3-7-14-22)26-24(27)17-16-20-10-4-2-5-11-20/h2-15,25H,16-19H2,1H3/b26-24-. The summed E-state index contributed by atoms with van der Waals surface area (Å²) in [5, 5.41) is 0. The molecule has 0 radical (unpaired) electrons. The summed E-state index contributed by atoms with van der Waals surface area (Å²) in [7, 11) is 2.18. The predicted octanol–water partition coefficient (Wildman–Crippen LogP) is 5.30. The van der Waals surface area contributed by atoms with Crippen LogP contribution >= 0.6 is 0 Å². The van der Waals surface area contributed by atoms with E-state index in [-0.39, 0.29) is 6.04 Å². The number of likely N-dealkylation sites (N-methyl/N-ethyl adjacent to an activating group) is 1. The maximum absolute atomic E-state index is 5.29. The Morgan fingerprint density at radius 1 is 0.815 bits per heavy atom. The Labute approximate surface area is 162 Å². The Morgan fingerprint density at radius 2 is 1.48 bits per heavy atom. The van der Waals surface area contributed by atoms with Crippen LogP contribution in [0.3, 0.4) is 0 Å². The van der Waals surface area contributed by atoms with Crippen LogP contribution in [-0.2, 0) is 12.8 Å². The van der Waals surface area contributed by atoms with Gasteiger partial charge in [0.1, 0.15) is 11.9 Å². The average molecular weight is 354 g/mol. The van der Waals surface area contributed by atoms with Gasteiger partial charge < -0.3 is 4.90 Å². The number of rotatable bonds is 4. The number of hydrogen-bond acceptors (Lipinski definition) is 2. The molecule has 136 valence electrons. The summed E-state index contributed by atoms with van der Waals surface area (Å²) < 4.78 is 0. The highest BCUT2D eigenvalue weighted by molar-refractivity contribution is 5.83. The van der Waals surface area contributed by atoms with Crippen molar-refractivity contribution in [2.24, 2.45) is 4.99 Å². The van der Waals surface area contributed by atoms with Crippen LogP contribution in [0.4, 0.5) is 0 Å². The van der Waals surface area contributed by atoms with Crippen LogP contribution in [0.2, 0.25) is 0 Å². The molecule has 0 fully saturated rings. The molecule has 0 N–H and O–H groups in total. The van der Waals surface area contributed by atoms with E-state index >= 15 is 0 Å². The maximum atomic E-state index is 5.29. The second-order valence-electron chi connectivity index (χ2n) is 7.21. The van der Waals surface area contributed by atoms with Gasteiger partial charge >= 0.3 is 0 Å². The monoisotopic (exact) mass is 354 g/mol. The van der Waals surface area contributed by atoms with Crippen molar-refractivity contribution in [2.75, 3.05) is 13.6 Å². The third-order valence-corrected chi connectivity index (χ3v) is 5.38. The normalized spacial score (nSPS) is 18.8. The molecular formula is C25H26N2. The van der Waals surface area contributed by atoms with Gasteiger partial charge in [-0.3, -0.25) is 4.99 Å². The molecule has 27 heavy (non-hydrogen) atoms. The third-order valence-electron chi connectivity index (χ3n) is 5.38. The Bertz CT molecular complexity index is 900. The van der Waals surface area contributed by atoms with Gasteiger partial charge in [0.05, 0.1) is 0 Å². The minimum atomic E-state index is 0.0657. The summed E-state index contributed by atoms with van der Waals surface area (Å²) in [6.07, 6.45) is 3.04. The second-order valence-corrected chi connectivity index (χ2v) is 7.21. The molecule has 4 rings (SSSR count). The lowest BCUT2D eigenvalue weighted by atomic mass is 9.92. The molecule has 0 aromatic heterocycles. The Balaban J connectivity index is 1.71. The van der Waals surface area contributed by atoms with Crippen LogP contribution in [0, 0.1) is 0 Å². The highest BCUT2D eigenvalue weighted by atomic mass is 15.2. The van der Waals surface area contributed by atoms with Gasteiger partial charge in [0.25, 0.3) is 0 Å².